The normalized spacial score (nSPS) is 11.2. The number of nitriles is 1. The fourth-order valence-electron chi connectivity index (χ4n) is 2.06. The Bertz CT molecular complexity index is 1000. The van der Waals surface area contributed by atoms with Crippen LogP contribution in [0.25, 0.3) is 16.7 Å². The number of fused-ring (bicyclic) bond motifs is 1. The van der Waals surface area contributed by atoms with Crippen LogP contribution < -0.4 is 5.32 Å². The van der Waals surface area contributed by atoms with Crippen molar-refractivity contribution in [3.63, 3.8) is 0 Å². The van der Waals surface area contributed by atoms with E-state index in [1.165, 1.54) is 18.3 Å². The number of benzene rings is 2. The fourth-order valence-corrected chi connectivity index (χ4v) is 2.23. The van der Waals surface area contributed by atoms with E-state index in [2.05, 4.69) is 10.3 Å². The lowest BCUT2D eigenvalue weighted by Crippen LogP contribution is -1.96. The lowest BCUT2D eigenvalue weighted by Gasteiger charge is -2.02. The highest BCUT2D eigenvalue weighted by molar-refractivity contribution is 6.31. The second kappa shape index (κ2) is 6.40. The highest BCUT2D eigenvalue weighted by Crippen LogP contribution is 2.26. The monoisotopic (exact) mass is 340 g/mol. The molecule has 0 unspecified atom stereocenters. The predicted molar refractivity (Wildman–Crippen MR) is 89.3 cm³/mol. The Kier molecular flexibility index (Phi) is 4.14. The Morgan fingerprint density at radius 1 is 1.38 bits per heavy atom. The van der Waals surface area contributed by atoms with Gasteiger partial charge >= 0.3 is 0 Å². The maximum atomic E-state index is 11.0. The second-order valence-electron chi connectivity index (χ2n) is 4.72. The minimum absolute atomic E-state index is 0.0977. The molecule has 0 aliphatic rings. The Morgan fingerprint density at radius 2 is 2.17 bits per heavy atom. The molecule has 8 heteroatoms. The summed E-state index contributed by atoms with van der Waals surface area (Å²) in [6.07, 6.45) is 1.31. The summed E-state index contributed by atoms with van der Waals surface area (Å²) in [5.41, 5.74) is 1.26. The molecule has 0 atom stereocenters. The number of rotatable bonds is 4. The van der Waals surface area contributed by atoms with Crippen LogP contribution in [-0.4, -0.2) is 9.91 Å². The average Bonchev–Trinajstić information content (AvgIpc) is 2.98. The molecular formula is C16H9ClN4O3. The molecule has 7 nitrogen and oxygen atoms in total. The molecular weight excluding hydrogens is 332 g/mol. The smallest absolute Gasteiger partial charge is 0.292 e. The van der Waals surface area contributed by atoms with Gasteiger partial charge in [0.05, 0.1) is 4.92 Å². The van der Waals surface area contributed by atoms with E-state index in [0.29, 0.717) is 16.1 Å². The van der Waals surface area contributed by atoms with Crippen molar-refractivity contribution >= 4 is 39.6 Å². The van der Waals surface area contributed by atoms with Gasteiger partial charge < -0.3 is 9.73 Å². The number of nitrogens with one attached hydrogen (secondary N) is 1. The number of oxazole rings is 1. The topological polar surface area (TPSA) is 105 Å². The first kappa shape index (κ1) is 15.5. The van der Waals surface area contributed by atoms with Gasteiger partial charge in [0, 0.05) is 17.3 Å². The van der Waals surface area contributed by atoms with Crippen molar-refractivity contribution in [1.82, 2.24) is 4.98 Å². The first-order valence-corrected chi connectivity index (χ1v) is 7.13. The largest absolute Gasteiger partial charge is 0.435 e. The maximum absolute atomic E-state index is 11.0. The highest BCUT2D eigenvalue weighted by atomic mass is 35.5. The Labute approximate surface area is 140 Å². The number of hydrogen-bond donors (Lipinski definition) is 1. The van der Waals surface area contributed by atoms with Crippen molar-refractivity contribution in [2.45, 2.75) is 0 Å². The van der Waals surface area contributed by atoms with E-state index in [1.807, 2.05) is 6.07 Å². The van der Waals surface area contributed by atoms with E-state index >= 15 is 0 Å². The molecule has 1 heterocycles. The number of halogens is 1. The SMILES string of the molecule is N#CC(=CNc1ccccc1[N+](=O)[O-])c1nc2cc(Cl)ccc2o1. The molecule has 24 heavy (non-hydrogen) atoms. The molecule has 0 aliphatic carbocycles. The van der Waals surface area contributed by atoms with Crippen molar-refractivity contribution < 1.29 is 9.34 Å². The van der Waals surface area contributed by atoms with E-state index in [4.69, 9.17) is 16.0 Å². The van der Waals surface area contributed by atoms with Gasteiger partial charge in [-0.3, -0.25) is 10.1 Å². The summed E-state index contributed by atoms with van der Waals surface area (Å²) in [4.78, 5) is 14.7. The van der Waals surface area contributed by atoms with Crippen LogP contribution in [0.2, 0.25) is 5.02 Å². The number of aromatic nitrogens is 1. The molecule has 0 spiro atoms. The molecule has 0 amide bonds. The zero-order valence-corrected chi connectivity index (χ0v) is 12.8. The summed E-state index contributed by atoms with van der Waals surface area (Å²) in [5, 5.41) is 23.5. The maximum Gasteiger partial charge on any atom is 0.292 e. The number of anilines is 1. The van der Waals surface area contributed by atoms with Crippen molar-refractivity contribution in [2.24, 2.45) is 0 Å². The number of nitrogens with zero attached hydrogens (tertiary/aromatic N) is 3. The molecule has 1 aromatic heterocycles. The van der Waals surface area contributed by atoms with Gasteiger partial charge in [0.1, 0.15) is 22.8 Å². The lowest BCUT2D eigenvalue weighted by molar-refractivity contribution is -0.383. The van der Waals surface area contributed by atoms with Crippen LogP contribution in [0, 0.1) is 21.4 Å². The fraction of sp³-hybridized carbons (Fsp3) is 0. The molecule has 0 saturated heterocycles. The summed E-state index contributed by atoms with van der Waals surface area (Å²) in [6.45, 7) is 0. The standard InChI is InChI=1S/C16H9ClN4O3/c17-11-5-6-15-13(7-11)20-16(24-15)10(8-18)9-19-12-3-1-2-4-14(12)21(22)23/h1-7,9,19H. The molecule has 3 aromatic rings. The van der Waals surface area contributed by atoms with Crippen molar-refractivity contribution in [2.75, 3.05) is 5.32 Å². The van der Waals surface area contributed by atoms with Crippen molar-refractivity contribution in [3.8, 4) is 6.07 Å². The summed E-state index contributed by atoms with van der Waals surface area (Å²) < 4.78 is 5.51. The number of hydrogen-bond acceptors (Lipinski definition) is 6. The Balaban J connectivity index is 1.95. The lowest BCUT2D eigenvalue weighted by atomic mass is 10.2. The van der Waals surface area contributed by atoms with Crippen LogP contribution in [0.5, 0.6) is 0 Å². The van der Waals surface area contributed by atoms with Crippen LogP contribution in [0.15, 0.2) is 53.1 Å². The van der Waals surface area contributed by atoms with Gasteiger partial charge in [-0.05, 0) is 24.3 Å². The minimum Gasteiger partial charge on any atom is -0.435 e. The number of allylic oxidation sites excluding steroid dienone is 1. The first-order chi connectivity index (χ1) is 11.6. The van der Waals surface area contributed by atoms with Gasteiger partial charge in [0.15, 0.2) is 5.58 Å². The van der Waals surface area contributed by atoms with Crippen LogP contribution in [0.3, 0.4) is 0 Å². The van der Waals surface area contributed by atoms with E-state index in [9.17, 15) is 15.4 Å². The van der Waals surface area contributed by atoms with Crippen LogP contribution in [0.1, 0.15) is 5.89 Å². The first-order valence-electron chi connectivity index (χ1n) is 6.75. The molecule has 0 radical (unpaired) electrons. The van der Waals surface area contributed by atoms with E-state index in [0.717, 1.165) is 0 Å². The van der Waals surface area contributed by atoms with Crippen molar-refractivity contribution in [3.05, 3.63) is 69.7 Å². The summed E-state index contributed by atoms with van der Waals surface area (Å²) in [6, 6.07) is 13.0. The van der Waals surface area contributed by atoms with Crippen LogP contribution in [0.4, 0.5) is 11.4 Å². The molecule has 0 fully saturated rings. The third kappa shape index (κ3) is 3.04. The predicted octanol–water partition coefficient (Wildman–Crippen LogP) is 4.37. The molecule has 0 saturated carbocycles. The van der Waals surface area contributed by atoms with Gasteiger partial charge in [-0.2, -0.15) is 5.26 Å². The molecule has 2 aromatic carbocycles. The number of nitro benzene ring substituents is 1. The van der Waals surface area contributed by atoms with Crippen LogP contribution in [-0.2, 0) is 0 Å². The van der Waals surface area contributed by atoms with Crippen molar-refractivity contribution in [1.29, 1.82) is 5.26 Å². The van der Waals surface area contributed by atoms with E-state index in [1.54, 1.807) is 30.3 Å². The summed E-state index contributed by atoms with van der Waals surface area (Å²) >= 11 is 5.89. The zero-order chi connectivity index (χ0) is 17.1. The van der Waals surface area contributed by atoms with E-state index in [-0.39, 0.29) is 22.8 Å². The number of nitro groups is 1. The second-order valence-corrected chi connectivity index (χ2v) is 5.16. The van der Waals surface area contributed by atoms with E-state index < -0.39 is 4.92 Å². The van der Waals surface area contributed by atoms with Crippen LogP contribution >= 0.6 is 11.6 Å². The zero-order valence-electron chi connectivity index (χ0n) is 12.1. The highest BCUT2D eigenvalue weighted by Gasteiger charge is 2.14. The Hall–Kier alpha value is -3.37. The molecule has 118 valence electrons. The third-order valence-corrected chi connectivity index (χ3v) is 3.41. The summed E-state index contributed by atoms with van der Waals surface area (Å²) in [7, 11) is 0. The van der Waals surface area contributed by atoms with Gasteiger partial charge in [0.25, 0.3) is 5.69 Å². The molecule has 3 rings (SSSR count). The molecule has 1 N–H and O–H groups in total. The van der Waals surface area contributed by atoms with Gasteiger partial charge in [-0.25, -0.2) is 4.98 Å². The summed E-state index contributed by atoms with van der Waals surface area (Å²) in [5.74, 6) is 0.0980. The average molecular weight is 341 g/mol. The van der Waals surface area contributed by atoms with Gasteiger partial charge in [-0.15, -0.1) is 0 Å². The quantitative estimate of drug-likeness (QED) is 0.429. The van der Waals surface area contributed by atoms with Gasteiger partial charge in [-0.1, -0.05) is 23.7 Å². The minimum atomic E-state index is -0.510. The number of para-hydroxylation sites is 2. The van der Waals surface area contributed by atoms with Gasteiger partial charge in [0.2, 0.25) is 5.89 Å². The molecule has 0 aliphatic heterocycles. The molecule has 0 bridgehead atoms. The third-order valence-electron chi connectivity index (χ3n) is 3.17. The Morgan fingerprint density at radius 3 is 2.92 bits per heavy atom.